The molecule has 2 aromatic heterocycles. The lowest BCUT2D eigenvalue weighted by Crippen LogP contribution is -1.93. The van der Waals surface area contributed by atoms with E-state index in [1.54, 1.807) is 11.4 Å². The van der Waals surface area contributed by atoms with Gasteiger partial charge in [-0.15, -0.1) is 0 Å². The van der Waals surface area contributed by atoms with Crippen LogP contribution in [0.1, 0.15) is 22.0 Å². The number of hydrogen-bond donors (Lipinski definition) is 0. The highest BCUT2D eigenvalue weighted by molar-refractivity contribution is 5.75. The molecule has 2 rings (SSSR count). The Labute approximate surface area is 75.0 Å². The average Bonchev–Trinajstić information content (AvgIpc) is 2.52. The molecule has 0 unspecified atom stereocenters. The summed E-state index contributed by atoms with van der Waals surface area (Å²) in [5.74, 6) is 1.54. The van der Waals surface area contributed by atoms with Crippen LogP contribution in [0.15, 0.2) is 0 Å². The van der Waals surface area contributed by atoms with Gasteiger partial charge in [0.05, 0.1) is 5.69 Å². The number of rotatable bonds is 1. The van der Waals surface area contributed by atoms with Crippen LogP contribution in [0.5, 0.6) is 0 Å². The number of fused-ring (bicyclic) bond motifs is 1. The second kappa shape index (κ2) is 2.42. The van der Waals surface area contributed by atoms with Gasteiger partial charge in [-0.2, -0.15) is 9.61 Å². The molecule has 0 radical (unpaired) electrons. The largest absolute Gasteiger partial charge is 0.300 e. The van der Waals surface area contributed by atoms with Crippen LogP contribution >= 0.6 is 0 Å². The van der Waals surface area contributed by atoms with Crippen molar-refractivity contribution in [1.82, 2.24) is 19.2 Å². The van der Waals surface area contributed by atoms with E-state index in [1.807, 2.05) is 18.5 Å². The van der Waals surface area contributed by atoms with Crippen molar-refractivity contribution < 1.29 is 4.79 Å². The lowest BCUT2D eigenvalue weighted by atomic mass is 10.4. The van der Waals surface area contributed by atoms with E-state index in [0.717, 1.165) is 12.1 Å². The van der Waals surface area contributed by atoms with E-state index < -0.39 is 0 Å². The average molecular weight is 178 g/mol. The molecule has 0 aliphatic heterocycles. The van der Waals surface area contributed by atoms with Crippen LogP contribution in [0.3, 0.4) is 0 Å². The molecule has 0 amide bonds. The molecule has 2 heterocycles. The van der Waals surface area contributed by atoms with Gasteiger partial charge in [0.25, 0.3) is 0 Å². The smallest absolute Gasteiger partial charge is 0.232 e. The normalized spacial score (nSPS) is 11.0. The number of carbonyl (C=O) groups is 1. The standard InChI is InChI=1S/C8H10N4O/c1-5-7(4-13)12-8(9-5)11(3)6(2)10-12/h4H,1-3H3. The highest BCUT2D eigenvalue weighted by Gasteiger charge is 2.12. The third kappa shape index (κ3) is 0.898. The van der Waals surface area contributed by atoms with Crippen LogP contribution in [0.4, 0.5) is 0 Å². The van der Waals surface area contributed by atoms with Gasteiger partial charge in [-0.1, -0.05) is 0 Å². The first-order valence-electron chi connectivity index (χ1n) is 3.99. The molecule has 68 valence electrons. The first kappa shape index (κ1) is 7.97. The summed E-state index contributed by atoms with van der Waals surface area (Å²) in [6, 6.07) is 0. The highest BCUT2D eigenvalue weighted by Crippen LogP contribution is 2.09. The van der Waals surface area contributed by atoms with Crippen LogP contribution in [0, 0.1) is 13.8 Å². The monoisotopic (exact) mass is 178 g/mol. The molecule has 5 nitrogen and oxygen atoms in total. The summed E-state index contributed by atoms with van der Waals surface area (Å²) >= 11 is 0. The molecule has 0 saturated carbocycles. The minimum atomic E-state index is 0.527. The van der Waals surface area contributed by atoms with Crippen LogP contribution in [0.2, 0.25) is 0 Å². The number of hydrogen-bond acceptors (Lipinski definition) is 3. The van der Waals surface area contributed by atoms with Crippen molar-refractivity contribution in [3.05, 3.63) is 17.2 Å². The molecule has 0 aliphatic rings. The van der Waals surface area contributed by atoms with Gasteiger partial charge in [0.15, 0.2) is 6.29 Å². The van der Waals surface area contributed by atoms with Crippen molar-refractivity contribution in [2.45, 2.75) is 13.8 Å². The third-order valence-electron chi connectivity index (χ3n) is 2.20. The van der Waals surface area contributed by atoms with Gasteiger partial charge < -0.3 is 4.57 Å². The molecular weight excluding hydrogens is 168 g/mol. The fourth-order valence-corrected chi connectivity index (χ4v) is 1.32. The van der Waals surface area contributed by atoms with Crippen LogP contribution in [-0.2, 0) is 7.05 Å². The lowest BCUT2D eigenvalue weighted by molar-refractivity contribution is 0.111. The summed E-state index contributed by atoms with van der Waals surface area (Å²) in [7, 11) is 1.87. The molecule has 0 spiro atoms. The molecule has 13 heavy (non-hydrogen) atoms. The predicted molar refractivity (Wildman–Crippen MR) is 46.8 cm³/mol. The topological polar surface area (TPSA) is 52.2 Å². The van der Waals surface area contributed by atoms with E-state index in [9.17, 15) is 4.79 Å². The number of aldehydes is 1. The van der Waals surface area contributed by atoms with Crippen LogP contribution < -0.4 is 0 Å². The lowest BCUT2D eigenvalue weighted by Gasteiger charge is -1.89. The van der Waals surface area contributed by atoms with Crippen molar-refractivity contribution in [1.29, 1.82) is 0 Å². The zero-order valence-corrected chi connectivity index (χ0v) is 7.77. The first-order valence-corrected chi connectivity index (χ1v) is 3.99. The summed E-state index contributed by atoms with van der Waals surface area (Å²) in [5, 5.41) is 4.19. The second-order valence-corrected chi connectivity index (χ2v) is 3.02. The molecule has 0 bridgehead atoms. The third-order valence-corrected chi connectivity index (χ3v) is 2.20. The Morgan fingerprint density at radius 2 is 2.08 bits per heavy atom. The first-order chi connectivity index (χ1) is 6.15. The zero-order valence-electron chi connectivity index (χ0n) is 7.77. The summed E-state index contributed by atoms with van der Waals surface area (Å²) in [5.41, 5.74) is 1.24. The van der Waals surface area contributed by atoms with Crippen LogP contribution in [-0.4, -0.2) is 25.5 Å². The second-order valence-electron chi connectivity index (χ2n) is 3.02. The summed E-state index contributed by atoms with van der Waals surface area (Å²) in [6.07, 6.45) is 0.780. The van der Waals surface area contributed by atoms with E-state index in [4.69, 9.17) is 0 Å². The number of nitrogens with zero attached hydrogens (tertiary/aromatic N) is 4. The Kier molecular flexibility index (Phi) is 1.48. The van der Waals surface area contributed by atoms with E-state index in [-0.39, 0.29) is 0 Å². The van der Waals surface area contributed by atoms with Crippen molar-refractivity contribution >= 4 is 12.1 Å². The van der Waals surface area contributed by atoms with Crippen molar-refractivity contribution in [2.75, 3.05) is 0 Å². The quantitative estimate of drug-likeness (QED) is 0.597. The molecule has 2 aromatic rings. The molecule has 0 aliphatic carbocycles. The number of aromatic nitrogens is 4. The molecule has 0 fully saturated rings. The molecule has 0 atom stereocenters. The maximum absolute atomic E-state index is 10.7. The Morgan fingerprint density at radius 1 is 1.38 bits per heavy atom. The summed E-state index contributed by atoms with van der Waals surface area (Å²) in [4.78, 5) is 14.9. The predicted octanol–water partition coefficient (Wildman–Crippen LogP) is 0.497. The number of carbonyl (C=O) groups excluding carboxylic acids is 1. The van der Waals surface area contributed by atoms with E-state index in [1.165, 1.54) is 0 Å². The van der Waals surface area contributed by atoms with Crippen molar-refractivity contribution in [3.63, 3.8) is 0 Å². The maximum Gasteiger partial charge on any atom is 0.232 e. The van der Waals surface area contributed by atoms with Crippen LogP contribution in [0.25, 0.3) is 5.78 Å². The van der Waals surface area contributed by atoms with Gasteiger partial charge in [-0.25, -0.2) is 4.98 Å². The molecule has 5 heteroatoms. The molecular formula is C8H10N4O. The Hall–Kier alpha value is -1.65. The Balaban J connectivity index is 2.91. The summed E-state index contributed by atoms with van der Waals surface area (Å²) < 4.78 is 3.41. The SMILES string of the molecule is Cc1nc2n(C)c(C)nn2c1C=O. The van der Waals surface area contributed by atoms with Gasteiger partial charge in [-0.05, 0) is 13.8 Å². The number of imidazole rings is 1. The zero-order chi connectivity index (χ0) is 9.59. The van der Waals surface area contributed by atoms with Gasteiger partial charge in [0.1, 0.15) is 11.5 Å². The fraction of sp³-hybridized carbons (Fsp3) is 0.375. The maximum atomic E-state index is 10.7. The van der Waals surface area contributed by atoms with Crippen molar-refractivity contribution in [2.24, 2.45) is 7.05 Å². The van der Waals surface area contributed by atoms with Crippen molar-refractivity contribution in [3.8, 4) is 0 Å². The van der Waals surface area contributed by atoms with E-state index in [0.29, 0.717) is 17.2 Å². The van der Waals surface area contributed by atoms with Gasteiger partial charge in [-0.3, -0.25) is 4.79 Å². The Morgan fingerprint density at radius 3 is 2.69 bits per heavy atom. The van der Waals surface area contributed by atoms with E-state index in [2.05, 4.69) is 10.1 Å². The molecule has 0 saturated heterocycles. The van der Waals surface area contributed by atoms with Gasteiger partial charge >= 0.3 is 0 Å². The van der Waals surface area contributed by atoms with Gasteiger partial charge in [0, 0.05) is 7.05 Å². The minimum absolute atomic E-state index is 0.527. The summed E-state index contributed by atoms with van der Waals surface area (Å²) in [6.45, 7) is 3.67. The highest BCUT2D eigenvalue weighted by atomic mass is 16.1. The van der Waals surface area contributed by atoms with E-state index >= 15 is 0 Å². The molecule has 0 aromatic carbocycles. The Bertz CT molecular complexity index is 480. The fourth-order valence-electron chi connectivity index (χ4n) is 1.32. The minimum Gasteiger partial charge on any atom is -0.300 e. The number of aryl methyl sites for hydroxylation is 3. The molecule has 0 N–H and O–H groups in total. The van der Waals surface area contributed by atoms with Gasteiger partial charge in [0.2, 0.25) is 5.78 Å².